The van der Waals surface area contributed by atoms with E-state index in [4.69, 9.17) is 0 Å². The zero-order chi connectivity index (χ0) is 11.1. The lowest BCUT2D eigenvalue weighted by molar-refractivity contribution is 0.128. The minimum Gasteiger partial charge on any atom is -0.396 e. The Morgan fingerprint density at radius 1 is 0.938 bits per heavy atom. The van der Waals surface area contributed by atoms with E-state index in [1.54, 1.807) is 0 Å². The summed E-state index contributed by atoms with van der Waals surface area (Å²) in [7, 11) is 0. The highest BCUT2D eigenvalue weighted by Crippen LogP contribution is 2.65. The van der Waals surface area contributed by atoms with Crippen LogP contribution in [0.3, 0.4) is 0 Å². The van der Waals surface area contributed by atoms with E-state index in [1.807, 2.05) is 0 Å². The number of aliphatic hydroxyl groups excluding tert-OH is 1. The van der Waals surface area contributed by atoms with Crippen molar-refractivity contribution in [1.82, 2.24) is 0 Å². The monoisotopic (exact) mass is 216 g/mol. The first-order chi connectivity index (χ1) is 7.83. The molecule has 0 unspecified atom stereocenters. The highest BCUT2D eigenvalue weighted by atomic mass is 16.3. The van der Waals surface area contributed by atoms with Crippen LogP contribution in [0.4, 0.5) is 0 Å². The summed E-state index contributed by atoms with van der Waals surface area (Å²) in [6, 6.07) is 10.9. The Morgan fingerprint density at radius 2 is 1.56 bits per heavy atom. The highest BCUT2D eigenvalue weighted by molar-refractivity contribution is 5.33. The van der Waals surface area contributed by atoms with Crippen LogP contribution < -0.4 is 0 Å². The molecule has 0 saturated heterocycles. The van der Waals surface area contributed by atoms with Crippen molar-refractivity contribution in [2.45, 2.75) is 43.9 Å². The SMILES string of the molecule is OCC1(C2(c3ccccc3)CCCC2)CC1. The second-order valence-corrected chi connectivity index (χ2v) is 5.59. The van der Waals surface area contributed by atoms with Gasteiger partial charge in [0.2, 0.25) is 0 Å². The fourth-order valence-corrected chi connectivity index (χ4v) is 3.80. The van der Waals surface area contributed by atoms with Crippen molar-refractivity contribution >= 4 is 0 Å². The van der Waals surface area contributed by atoms with Gasteiger partial charge in [0.15, 0.2) is 0 Å². The summed E-state index contributed by atoms with van der Waals surface area (Å²) in [6.07, 6.45) is 7.65. The van der Waals surface area contributed by atoms with Crippen LogP contribution >= 0.6 is 0 Å². The van der Waals surface area contributed by atoms with Gasteiger partial charge in [-0.15, -0.1) is 0 Å². The Bertz CT molecular complexity index is 358. The molecule has 2 saturated carbocycles. The van der Waals surface area contributed by atoms with Crippen molar-refractivity contribution in [2.75, 3.05) is 6.61 Å². The molecule has 0 atom stereocenters. The van der Waals surface area contributed by atoms with Crippen LogP contribution in [0.5, 0.6) is 0 Å². The van der Waals surface area contributed by atoms with Gasteiger partial charge in [-0.05, 0) is 31.2 Å². The molecule has 0 spiro atoms. The number of hydrogen-bond donors (Lipinski definition) is 1. The predicted octanol–water partition coefficient (Wildman–Crippen LogP) is 3.27. The van der Waals surface area contributed by atoms with Crippen LogP contribution in [0.25, 0.3) is 0 Å². The molecule has 0 bridgehead atoms. The Labute approximate surface area is 97.5 Å². The second kappa shape index (κ2) is 3.59. The molecule has 1 N–H and O–H groups in total. The van der Waals surface area contributed by atoms with E-state index in [1.165, 1.54) is 44.1 Å². The van der Waals surface area contributed by atoms with Crippen molar-refractivity contribution in [3.05, 3.63) is 35.9 Å². The number of aliphatic hydroxyl groups is 1. The maximum absolute atomic E-state index is 9.74. The summed E-state index contributed by atoms with van der Waals surface area (Å²) >= 11 is 0. The molecule has 3 rings (SSSR count). The van der Waals surface area contributed by atoms with E-state index in [2.05, 4.69) is 30.3 Å². The summed E-state index contributed by atoms with van der Waals surface area (Å²) in [6.45, 7) is 0.377. The van der Waals surface area contributed by atoms with Crippen LogP contribution in [0, 0.1) is 5.41 Å². The first-order valence-electron chi connectivity index (χ1n) is 6.49. The zero-order valence-corrected chi connectivity index (χ0v) is 9.78. The van der Waals surface area contributed by atoms with Crippen molar-refractivity contribution in [3.8, 4) is 0 Å². The molecule has 1 aromatic rings. The average Bonchev–Trinajstić information content (AvgIpc) is 3.01. The molecule has 2 fully saturated rings. The third kappa shape index (κ3) is 1.27. The Kier molecular flexibility index (Phi) is 2.32. The molecule has 0 radical (unpaired) electrons. The first-order valence-corrected chi connectivity index (χ1v) is 6.49. The van der Waals surface area contributed by atoms with Gasteiger partial charge in [0.1, 0.15) is 0 Å². The van der Waals surface area contributed by atoms with Crippen LogP contribution in [-0.2, 0) is 5.41 Å². The van der Waals surface area contributed by atoms with E-state index in [0.29, 0.717) is 12.0 Å². The highest BCUT2D eigenvalue weighted by Gasteiger charge is 2.59. The molecule has 1 heteroatoms. The van der Waals surface area contributed by atoms with Gasteiger partial charge in [-0.2, -0.15) is 0 Å². The summed E-state index contributed by atoms with van der Waals surface area (Å²) < 4.78 is 0. The molecule has 86 valence electrons. The van der Waals surface area contributed by atoms with Gasteiger partial charge in [-0.3, -0.25) is 0 Å². The molecule has 0 aromatic heterocycles. The van der Waals surface area contributed by atoms with Gasteiger partial charge in [-0.25, -0.2) is 0 Å². The normalized spacial score (nSPS) is 25.6. The fraction of sp³-hybridized carbons (Fsp3) is 0.600. The standard InChI is InChI=1S/C15H20O/c16-12-14(10-11-14)15(8-4-5-9-15)13-6-2-1-3-7-13/h1-3,6-7,16H,4-5,8-12H2. The third-order valence-corrected chi connectivity index (χ3v) is 4.95. The lowest BCUT2D eigenvalue weighted by Crippen LogP contribution is -2.36. The molecule has 2 aliphatic carbocycles. The van der Waals surface area contributed by atoms with E-state index >= 15 is 0 Å². The van der Waals surface area contributed by atoms with Crippen LogP contribution in [0.2, 0.25) is 0 Å². The van der Waals surface area contributed by atoms with Gasteiger partial charge in [0.25, 0.3) is 0 Å². The largest absolute Gasteiger partial charge is 0.396 e. The molecule has 0 aliphatic heterocycles. The zero-order valence-electron chi connectivity index (χ0n) is 9.78. The molecule has 1 aromatic carbocycles. The number of hydrogen-bond acceptors (Lipinski definition) is 1. The van der Waals surface area contributed by atoms with Gasteiger partial charge in [0, 0.05) is 17.4 Å². The van der Waals surface area contributed by atoms with Crippen molar-refractivity contribution in [3.63, 3.8) is 0 Å². The average molecular weight is 216 g/mol. The second-order valence-electron chi connectivity index (χ2n) is 5.59. The topological polar surface area (TPSA) is 20.2 Å². The first kappa shape index (κ1) is 10.3. The lowest BCUT2D eigenvalue weighted by Gasteiger charge is -2.38. The van der Waals surface area contributed by atoms with Gasteiger partial charge < -0.3 is 5.11 Å². The van der Waals surface area contributed by atoms with Crippen molar-refractivity contribution in [1.29, 1.82) is 0 Å². The predicted molar refractivity (Wildman–Crippen MR) is 65.3 cm³/mol. The summed E-state index contributed by atoms with van der Waals surface area (Å²) in [4.78, 5) is 0. The Balaban J connectivity index is 2.04. The van der Waals surface area contributed by atoms with E-state index < -0.39 is 0 Å². The Morgan fingerprint density at radius 3 is 2.06 bits per heavy atom. The molecular weight excluding hydrogens is 196 g/mol. The van der Waals surface area contributed by atoms with Gasteiger partial charge in [-0.1, -0.05) is 43.2 Å². The van der Waals surface area contributed by atoms with Crippen molar-refractivity contribution < 1.29 is 5.11 Å². The summed E-state index contributed by atoms with van der Waals surface area (Å²) in [5.41, 5.74) is 1.99. The van der Waals surface area contributed by atoms with Crippen LogP contribution in [-0.4, -0.2) is 11.7 Å². The molecular formula is C15H20O. The van der Waals surface area contributed by atoms with E-state index in [-0.39, 0.29) is 5.41 Å². The summed E-state index contributed by atoms with van der Waals surface area (Å²) in [5.74, 6) is 0. The number of rotatable bonds is 3. The molecule has 1 nitrogen and oxygen atoms in total. The van der Waals surface area contributed by atoms with Crippen LogP contribution in [0.15, 0.2) is 30.3 Å². The maximum Gasteiger partial charge on any atom is 0.0495 e. The lowest BCUT2D eigenvalue weighted by atomic mass is 9.66. The fourth-order valence-electron chi connectivity index (χ4n) is 3.80. The summed E-state index contributed by atoms with van der Waals surface area (Å²) in [5, 5.41) is 9.74. The molecule has 2 aliphatic rings. The Hall–Kier alpha value is -0.820. The minimum atomic E-state index is 0.227. The molecule has 16 heavy (non-hydrogen) atoms. The van der Waals surface area contributed by atoms with Gasteiger partial charge >= 0.3 is 0 Å². The molecule has 0 heterocycles. The smallest absolute Gasteiger partial charge is 0.0495 e. The number of benzene rings is 1. The van der Waals surface area contributed by atoms with Crippen LogP contribution in [0.1, 0.15) is 44.1 Å². The third-order valence-electron chi connectivity index (χ3n) is 4.95. The van der Waals surface area contributed by atoms with E-state index in [0.717, 1.165) is 0 Å². The molecule has 0 amide bonds. The van der Waals surface area contributed by atoms with Crippen molar-refractivity contribution in [2.24, 2.45) is 5.41 Å². The van der Waals surface area contributed by atoms with E-state index in [9.17, 15) is 5.11 Å². The quantitative estimate of drug-likeness (QED) is 0.822. The minimum absolute atomic E-state index is 0.227. The maximum atomic E-state index is 9.74. The van der Waals surface area contributed by atoms with Gasteiger partial charge in [0.05, 0.1) is 0 Å².